The van der Waals surface area contributed by atoms with Gasteiger partial charge >= 0.3 is 5.69 Å². The van der Waals surface area contributed by atoms with Gasteiger partial charge in [-0.3, -0.25) is 10.5 Å². The molecule has 5 nitrogen and oxygen atoms in total. The van der Waals surface area contributed by atoms with Crippen molar-refractivity contribution in [2.45, 2.75) is 0 Å². The molecule has 51 valence electrons. The molecule has 0 atom stereocenters. The SMILES string of the molecule is [NH]c1nc(=O)[nH]cc1C=O. The standard InChI is InChI=1S/C5H4N3O2/c6-4-3(2-9)1-7-5(10)8-4/h1-2,6H,(H,7,8,10). The lowest BCUT2D eigenvalue weighted by molar-refractivity contribution is 0.112. The first-order chi connectivity index (χ1) is 4.74. The van der Waals surface area contributed by atoms with Crippen molar-refractivity contribution < 1.29 is 4.79 Å². The monoisotopic (exact) mass is 138 g/mol. The van der Waals surface area contributed by atoms with Gasteiger partial charge in [0.1, 0.15) is 0 Å². The summed E-state index contributed by atoms with van der Waals surface area (Å²) >= 11 is 0. The van der Waals surface area contributed by atoms with Crippen LogP contribution in [0.3, 0.4) is 0 Å². The van der Waals surface area contributed by atoms with Gasteiger partial charge in [-0.05, 0) is 0 Å². The van der Waals surface area contributed by atoms with E-state index in [0.29, 0.717) is 6.29 Å². The van der Waals surface area contributed by atoms with Gasteiger partial charge in [-0.25, -0.2) is 4.79 Å². The van der Waals surface area contributed by atoms with Crippen molar-refractivity contribution in [2.24, 2.45) is 0 Å². The first-order valence-corrected chi connectivity index (χ1v) is 2.50. The van der Waals surface area contributed by atoms with E-state index < -0.39 is 5.69 Å². The van der Waals surface area contributed by atoms with E-state index in [4.69, 9.17) is 5.73 Å². The predicted octanol–water partition coefficient (Wildman–Crippen LogP) is -0.503. The molecule has 0 unspecified atom stereocenters. The summed E-state index contributed by atoms with van der Waals surface area (Å²) in [6, 6.07) is 0. The van der Waals surface area contributed by atoms with E-state index in [1.54, 1.807) is 0 Å². The molecule has 0 saturated carbocycles. The zero-order valence-corrected chi connectivity index (χ0v) is 4.92. The van der Waals surface area contributed by atoms with Gasteiger partial charge in [0.05, 0.1) is 5.56 Å². The Morgan fingerprint density at radius 3 is 2.90 bits per heavy atom. The van der Waals surface area contributed by atoms with Crippen LogP contribution in [0.25, 0.3) is 0 Å². The summed E-state index contributed by atoms with van der Waals surface area (Å²) in [4.78, 5) is 25.8. The number of rotatable bonds is 1. The Morgan fingerprint density at radius 2 is 2.40 bits per heavy atom. The fourth-order valence-corrected chi connectivity index (χ4v) is 0.496. The summed E-state index contributed by atoms with van der Waals surface area (Å²) < 4.78 is 0. The molecule has 0 aliphatic carbocycles. The molecule has 2 N–H and O–H groups in total. The number of aromatic nitrogens is 2. The Kier molecular flexibility index (Phi) is 1.49. The molecule has 0 fully saturated rings. The van der Waals surface area contributed by atoms with E-state index >= 15 is 0 Å². The third kappa shape index (κ3) is 1.02. The molecular weight excluding hydrogens is 134 g/mol. The summed E-state index contributed by atoms with van der Waals surface area (Å²) in [5.41, 5.74) is 6.42. The zero-order valence-electron chi connectivity index (χ0n) is 4.92. The molecule has 0 amide bonds. The van der Waals surface area contributed by atoms with E-state index in [0.717, 1.165) is 6.20 Å². The van der Waals surface area contributed by atoms with Crippen LogP contribution in [0.4, 0.5) is 5.82 Å². The Hall–Kier alpha value is -1.65. The highest BCUT2D eigenvalue weighted by atomic mass is 16.1. The van der Waals surface area contributed by atoms with Crippen molar-refractivity contribution in [3.8, 4) is 0 Å². The van der Waals surface area contributed by atoms with Crippen LogP contribution in [0, 0.1) is 0 Å². The quantitative estimate of drug-likeness (QED) is 0.530. The summed E-state index contributed by atoms with van der Waals surface area (Å²) in [7, 11) is 0. The van der Waals surface area contributed by atoms with Crippen molar-refractivity contribution in [1.82, 2.24) is 15.7 Å². The lowest BCUT2D eigenvalue weighted by Crippen LogP contribution is -2.10. The van der Waals surface area contributed by atoms with Crippen LogP contribution in [0.2, 0.25) is 0 Å². The first kappa shape index (κ1) is 6.47. The highest BCUT2D eigenvalue weighted by Crippen LogP contribution is 1.99. The van der Waals surface area contributed by atoms with Gasteiger partial charge < -0.3 is 4.98 Å². The number of hydrogen-bond acceptors (Lipinski definition) is 3. The molecule has 1 aromatic heterocycles. The molecule has 10 heavy (non-hydrogen) atoms. The van der Waals surface area contributed by atoms with Crippen LogP contribution in [0.1, 0.15) is 10.4 Å². The number of hydrogen-bond donors (Lipinski definition) is 1. The van der Waals surface area contributed by atoms with Gasteiger partial charge in [0.25, 0.3) is 0 Å². The minimum atomic E-state index is -0.615. The Morgan fingerprint density at radius 1 is 1.70 bits per heavy atom. The second-order valence-electron chi connectivity index (χ2n) is 1.63. The number of aromatic amines is 1. The fraction of sp³-hybridized carbons (Fsp3) is 0. The number of H-pyrrole nitrogens is 1. The average Bonchev–Trinajstić information content (AvgIpc) is 1.88. The molecule has 0 bridgehead atoms. The van der Waals surface area contributed by atoms with Gasteiger partial charge in [-0.1, -0.05) is 0 Å². The van der Waals surface area contributed by atoms with Crippen molar-refractivity contribution in [3.05, 3.63) is 22.2 Å². The maximum atomic E-state index is 10.4. The summed E-state index contributed by atoms with van der Waals surface area (Å²) in [5.74, 6) is -0.293. The van der Waals surface area contributed by atoms with Crippen molar-refractivity contribution in [3.63, 3.8) is 0 Å². The molecular formula is C5H4N3O2. The van der Waals surface area contributed by atoms with Crippen LogP contribution in [-0.2, 0) is 0 Å². The molecule has 0 aromatic carbocycles. The van der Waals surface area contributed by atoms with Gasteiger partial charge in [-0.2, -0.15) is 4.98 Å². The van der Waals surface area contributed by atoms with E-state index in [-0.39, 0.29) is 11.4 Å². The van der Waals surface area contributed by atoms with Crippen molar-refractivity contribution in [2.75, 3.05) is 0 Å². The number of carbonyl (C=O) groups is 1. The minimum absolute atomic E-state index is 0.0830. The molecule has 0 aliphatic heterocycles. The largest absolute Gasteiger partial charge is 0.346 e. The van der Waals surface area contributed by atoms with Crippen molar-refractivity contribution >= 4 is 12.1 Å². The van der Waals surface area contributed by atoms with Crippen LogP contribution in [0.15, 0.2) is 11.0 Å². The summed E-state index contributed by atoms with van der Waals surface area (Å²) in [6.45, 7) is 0. The molecule has 5 heteroatoms. The molecule has 0 spiro atoms. The maximum absolute atomic E-state index is 10.4. The molecule has 0 aliphatic rings. The molecule has 1 heterocycles. The number of nitrogens with zero attached hydrogens (tertiary/aromatic N) is 1. The van der Waals surface area contributed by atoms with E-state index in [9.17, 15) is 9.59 Å². The maximum Gasteiger partial charge on any atom is 0.346 e. The van der Waals surface area contributed by atoms with Crippen LogP contribution < -0.4 is 11.4 Å². The van der Waals surface area contributed by atoms with Gasteiger partial charge in [-0.15, -0.1) is 0 Å². The summed E-state index contributed by atoms with van der Waals surface area (Å²) in [5, 5.41) is 0. The van der Waals surface area contributed by atoms with Crippen LogP contribution >= 0.6 is 0 Å². The van der Waals surface area contributed by atoms with E-state index in [2.05, 4.69) is 9.97 Å². The van der Waals surface area contributed by atoms with Gasteiger partial charge in [0.15, 0.2) is 12.1 Å². The molecule has 1 radical (unpaired) electrons. The zero-order chi connectivity index (χ0) is 7.56. The third-order valence-electron chi connectivity index (χ3n) is 0.965. The highest BCUT2D eigenvalue weighted by Gasteiger charge is 1.97. The Labute approximate surface area is 55.9 Å². The van der Waals surface area contributed by atoms with Crippen LogP contribution in [0.5, 0.6) is 0 Å². The van der Waals surface area contributed by atoms with Crippen LogP contribution in [-0.4, -0.2) is 16.3 Å². The van der Waals surface area contributed by atoms with E-state index in [1.165, 1.54) is 0 Å². The number of nitrogens with one attached hydrogen (secondary N) is 2. The highest BCUT2D eigenvalue weighted by molar-refractivity contribution is 5.79. The second-order valence-corrected chi connectivity index (χ2v) is 1.63. The minimum Gasteiger partial charge on any atom is -0.312 e. The Balaban J connectivity index is 3.32. The lowest BCUT2D eigenvalue weighted by atomic mass is 10.3. The second kappa shape index (κ2) is 2.30. The molecule has 1 aromatic rings. The average molecular weight is 138 g/mol. The van der Waals surface area contributed by atoms with Crippen molar-refractivity contribution in [1.29, 1.82) is 0 Å². The molecule has 0 saturated heterocycles. The Bertz CT molecular complexity index is 304. The predicted molar refractivity (Wildman–Crippen MR) is 33.0 cm³/mol. The smallest absolute Gasteiger partial charge is 0.312 e. The van der Waals surface area contributed by atoms with E-state index in [1.807, 2.05) is 0 Å². The van der Waals surface area contributed by atoms with Gasteiger partial charge in [0.2, 0.25) is 0 Å². The normalized spacial score (nSPS) is 9.20. The number of carbonyl (C=O) groups excluding carboxylic acids is 1. The fourth-order valence-electron chi connectivity index (χ4n) is 0.496. The molecule has 1 rings (SSSR count). The lowest BCUT2D eigenvalue weighted by Gasteiger charge is -1.90. The first-order valence-electron chi connectivity index (χ1n) is 2.50. The van der Waals surface area contributed by atoms with Gasteiger partial charge in [0, 0.05) is 6.20 Å². The number of aldehydes is 1. The topological polar surface area (TPSA) is 86.6 Å². The summed E-state index contributed by atoms with van der Waals surface area (Å²) in [6.07, 6.45) is 1.62. The third-order valence-corrected chi connectivity index (χ3v) is 0.965.